The van der Waals surface area contributed by atoms with Crippen LogP contribution in [0.1, 0.15) is 32.4 Å². The van der Waals surface area contributed by atoms with E-state index in [-0.39, 0.29) is 5.56 Å². The summed E-state index contributed by atoms with van der Waals surface area (Å²) in [6.07, 6.45) is -0.963. The van der Waals surface area contributed by atoms with Crippen molar-refractivity contribution in [3.05, 3.63) is 35.4 Å². The van der Waals surface area contributed by atoms with Crippen LogP contribution >= 0.6 is 0 Å². The number of benzene rings is 1. The third-order valence-electron chi connectivity index (χ3n) is 2.19. The fourth-order valence-corrected chi connectivity index (χ4v) is 1.40. The van der Waals surface area contributed by atoms with Gasteiger partial charge in [0.25, 0.3) is 0 Å². The quantitative estimate of drug-likeness (QED) is 0.896. The molecule has 5 nitrogen and oxygen atoms in total. The average Bonchev–Trinajstić information content (AvgIpc) is 2.27. The van der Waals surface area contributed by atoms with E-state index in [4.69, 9.17) is 9.84 Å². The lowest BCUT2D eigenvalue weighted by Gasteiger charge is -2.22. The second kappa shape index (κ2) is 5.85. The minimum absolute atomic E-state index is 0.0951. The van der Waals surface area contributed by atoms with Crippen LogP contribution in [0.15, 0.2) is 18.2 Å². The van der Waals surface area contributed by atoms with Crippen molar-refractivity contribution in [1.29, 1.82) is 0 Å². The number of hydrogen-bond acceptors (Lipinski definition) is 3. The van der Waals surface area contributed by atoms with Crippen LogP contribution in [-0.4, -0.2) is 22.8 Å². The number of amides is 1. The van der Waals surface area contributed by atoms with Gasteiger partial charge >= 0.3 is 12.1 Å². The van der Waals surface area contributed by atoms with E-state index in [0.717, 1.165) is 12.1 Å². The van der Waals surface area contributed by atoms with E-state index in [1.807, 2.05) is 0 Å². The van der Waals surface area contributed by atoms with Crippen molar-refractivity contribution in [2.24, 2.45) is 0 Å². The summed E-state index contributed by atoms with van der Waals surface area (Å²) in [5, 5.41) is 11.1. The molecule has 20 heavy (non-hydrogen) atoms. The molecule has 2 N–H and O–H groups in total. The summed E-state index contributed by atoms with van der Waals surface area (Å²) >= 11 is 0. The zero-order valence-corrected chi connectivity index (χ0v) is 11.2. The minimum atomic E-state index is -1.53. The van der Waals surface area contributed by atoms with E-state index in [0.29, 0.717) is 6.07 Å². The summed E-state index contributed by atoms with van der Waals surface area (Å²) in [6, 6.07) is 1.05. The summed E-state index contributed by atoms with van der Waals surface area (Å²) in [6.45, 7) is 4.83. The predicted molar refractivity (Wildman–Crippen MR) is 66.1 cm³/mol. The van der Waals surface area contributed by atoms with Crippen LogP contribution in [0.2, 0.25) is 0 Å². The SMILES string of the molecule is CC(C)(C)OC(=O)NC(C(=O)O)c1ccc(F)c(F)c1. The largest absolute Gasteiger partial charge is 0.479 e. The number of ether oxygens (including phenoxy) is 1. The highest BCUT2D eigenvalue weighted by atomic mass is 19.2. The van der Waals surface area contributed by atoms with Crippen molar-refractivity contribution >= 4 is 12.1 Å². The van der Waals surface area contributed by atoms with Crippen molar-refractivity contribution in [2.75, 3.05) is 0 Å². The number of carbonyl (C=O) groups is 2. The molecule has 0 aliphatic rings. The Morgan fingerprint density at radius 2 is 1.85 bits per heavy atom. The first kappa shape index (κ1) is 15.9. The van der Waals surface area contributed by atoms with E-state index in [2.05, 4.69) is 5.32 Å². The third kappa shape index (κ3) is 4.49. The molecule has 0 saturated carbocycles. The Morgan fingerprint density at radius 1 is 1.25 bits per heavy atom. The van der Waals surface area contributed by atoms with Gasteiger partial charge in [0.1, 0.15) is 5.60 Å². The van der Waals surface area contributed by atoms with Crippen LogP contribution in [-0.2, 0) is 9.53 Å². The summed E-state index contributed by atoms with van der Waals surface area (Å²) in [5.41, 5.74) is -0.900. The highest BCUT2D eigenvalue weighted by Gasteiger charge is 2.26. The molecule has 1 aromatic rings. The van der Waals surface area contributed by atoms with Gasteiger partial charge in [-0.05, 0) is 38.5 Å². The van der Waals surface area contributed by atoms with Gasteiger partial charge in [0, 0.05) is 0 Å². The molecule has 7 heteroatoms. The Hall–Kier alpha value is -2.18. The molecule has 1 amide bonds. The van der Waals surface area contributed by atoms with Crippen molar-refractivity contribution in [2.45, 2.75) is 32.4 Å². The summed E-state index contributed by atoms with van der Waals surface area (Å²) in [7, 11) is 0. The third-order valence-corrected chi connectivity index (χ3v) is 2.19. The Kier molecular flexibility index (Phi) is 4.65. The van der Waals surface area contributed by atoms with Gasteiger partial charge < -0.3 is 15.2 Å². The summed E-state index contributed by atoms with van der Waals surface area (Å²) < 4.78 is 30.8. The summed E-state index contributed by atoms with van der Waals surface area (Å²) in [5.74, 6) is -3.71. The highest BCUT2D eigenvalue weighted by Crippen LogP contribution is 2.18. The molecule has 1 rings (SSSR count). The molecule has 0 saturated heterocycles. The lowest BCUT2D eigenvalue weighted by atomic mass is 10.1. The van der Waals surface area contributed by atoms with Crippen molar-refractivity contribution in [1.82, 2.24) is 5.32 Å². The molecule has 0 aromatic heterocycles. The van der Waals surface area contributed by atoms with Crippen LogP contribution in [0.4, 0.5) is 13.6 Å². The zero-order valence-electron chi connectivity index (χ0n) is 11.2. The first-order chi connectivity index (χ1) is 9.10. The number of carboxylic acid groups (broad SMARTS) is 1. The second-order valence-corrected chi connectivity index (χ2v) is 5.09. The van der Waals surface area contributed by atoms with Crippen LogP contribution in [0.3, 0.4) is 0 Å². The zero-order chi connectivity index (χ0) is 15.5. The lowest BCUT2D eigenvalue weighted by molar-refractivity contribution is -0.139. The number of rotatable bonds is 3. The van der Waals surface area contributed by atoms with E-state index in [1.54, 1.807) is 20.8 Å². The van der Waals surface area contributed by atoms with E-state index in [1.165, 1.54) is 0 Å². The Bertz CT molecular complexity index is 526. The maximum Gasteiger partial charge on any atom is 0.408 e. The van der Waals surface area contributed by atoms with Crippen molar-refractivity contribution in [3.8, 4) is 0 Å². The molecule has 1 atom stereocenters. The van der Waals surface area contributed by atoms with Gasteiger partial charge in [-0.3, -0.25) is 0 Å². The lowest BCUT2D eigenvalue weighted by Crippen LogP contribution is -2.38. The fourth-order valence-electron chi connectivity index (χ4n) is 1.40. The second-order valence-electron chi connectivity index (χ2n) is 5.09. The smallest absolute Gasteiger partial charge is 0.408 e. The average molecular weight is 287 g/mol. The number of carboxylic acids is 1. The molecule has 0 fully saturated rings. The molecule has 0 heterocycles. The normalized spacial score (nSPS) is 12.7. The van der Waals surface area contributed by atoms with Crippen LogP contribution < -0.4 is 5.32 Å². The van der Waals surface area contributed by atoms with Crippen LogP contribution in [0.5, 0.6) is 0 Å². The fraction of sp³-hybridized carbons (Fsp3) is 0.385. The Labute approximate surface area is 114 Å². The van der Waals surface area contributed by atoms with Gasteiger partial charge in [0.2, 0.25) is 0 Å². The maximum atomic E-state index is 13.1. The van der Waals surface area contributed by atoms with Crippen molar-refractivity contribution < 1.29 is 28.2 Å². The molecule has 0 radical (unpaired) electrons. The molecule has 0 spiro atoms. The molecule has 1 unspecified atom stereocenters. The summed E-state index contributed by atoms with van der Waals surface area (Å²) in [4.78, 5) is 22.6. The number of alkyl carbamates (subject to hydrolysis) is 1. The molecule has 1 aromatic carbocycles. The van der Waals surface area contributed by atoms with Gasteiger partial charge in [-0.15, -0.1) is 0 Å². The van der Waals surface area contributed by atoms with Gasteiger partial charge in [-0.2, -0.15) is 0 Å². The maximum absolute atomic E-state index is 13.1. The molecular weight excluding hydrogens is 272 g/mol. The van der Waals surface area contributed by atoms with E-state index < -0.39 is 35.3 Å². The number of nitrogens with one attached hydrogen (secondary N) is 1. The minimum Gasteiger partial charge on any atom is -0.479 e. The molecule has 0 bridgehead atoms. The highest BCUT2D eigenvalue weighted by molar-refractivity contribution is 5.81. The Morgan fingerprint density at radius 3 is 2.30 bits per heavy atom. The Balaban J connectivity index is 2.92. The number of halogens is 2. The van der Waals surface area contributed by atoms with Crippen LogP contribution in [0, 0.1) is 11.6 Å². The molecular formula is C13H15F2NO4. The number of aliphatic carboxylic acids is 1. The van der Waals surface area contributed by atoms with Crippen molar-refractivity contribution in [3.63, 3.8) is 0 Å². The first-order valence-electron chi connectivity index (χ1n) is 5.77. The van der Waals surface area contributed by atoms with Gasteiger partial charge in [0.05, 0.1) is 0 Å². The van der Waals surface area contributed by atoms with Gasteiger partial charge in [-0.25, -0.2) is 18.4 Å². The van der Waals surface area contributed by atoms with E-state index >= 15 is 0 Å². The standard InChI is InChI=1S/C13H15F2NO4/c1-13(2,3)20-12(19)16-10(11(17)18)7-4-5-8(14)9(15)6-7/h4-6,10H,1-3H3,(H,16,19)(H,17,18). The van der Waals surface area contributed by atoms with Gasteiger partial charge in [0.15, 0.2) is 17.7 Å². The molecule has 110 valence electrons. The van der Waals surface area contributed by atoms with E-state index in [9.17, 15) is 18.4 Å². The monoisotopic (exact) mass is 287 g/mol. The molecule has 0 aliphatic heterocycles. The van der Waals surface area contributed by atoms with Gasteiger partial charge in [-0.1, -0.05) is 6.07 Å². The predicted octanol–water partition coefficient (Wildman–Crippen LogP) is 2.62. The van der Waals surface area contributed by atoms with Crippen LogP contribution in [0.25, 0.3) is 0 Å². The molecule has 0 aliphatic carbocycles. The number of carbonyl (C=O) groups excluding carboxylic acids is 1. The first-order valence-corrected chi connectivity index (χ1v) is 5.77. The number of hydrogen-bond donors (Lipinski definition) is 2. The topological polar surface area (TPSA) is 75.6 Å².